The van der Waals surface area contributed by atoms with Crippen LogP contribution in [0.5, 0.6) is 0 Å². The van der Waals surface area contributed by atoms with Gasteiger partial charge in [0.05, 0.1) is 36.1 Å². The van der Waals surface area contributed by atoms with E-state index >= 15 is 0 Å². The molecule has 2 heterocycles. The minimum atomic E-state index is -0.963. The van der Waals surface area contributed by atoms with Gasteiger partial charge in [0.1, 0.15) is 5.60 Å². The topological polar surface area (TPSA) is 94.7 Å². The Balaban J connectivity index is 1.81. The van der Waals surface area contributed by atoms with Crippen LogP contribution in [0.15, 0.2) is 18.5 Å². The molecule has 2 fully saturated rings. The molecule has 0 bridgehead atoms. The molecule has 1 aromatic rings. The monoisotopic (exact) mass is 348 g/mol. The zero-order valence-corrected chi connectivity index (χ0v) is 15.2. The summed E-state index contributed by atoms with van der Waals surface area (Å²) in [5, 5.41) is 11.2. The first-order chi connectivity index (χ1) is 11.7. The molecule has 2 aliphatic rings. The Hall–Kier alpha value is -1.66. The molecule has 6 heteroatoms. The van der Waals surface area contributed by atoms with E-state index in [1.165, 1.54) is 0 Å². The Bertz CT molecular complexity index is 643. The number of nitrogens with two attached hydrogens (primary N) is 1. The van der Waals surface area contributed by atoms with Gasteiger partial charge in [0.2, 0.25) is 0 Å². The summed E-state index contributed by atoms with van der Waals surface area (Å²) in [5.74, 6) is -0.485. The summed E-state index contributed by atoms with van der Waals surface area (Å²) in [6, 6.07) is 1.85. The van der Waals surface area contributed by atoms with Gasteiger partial charge in [-0.1, -0.05) is 0 Å². The lowest BCUT2D eigenvalue weighted by Crippen LogP contribution is -2.52. The van der Waals surface area contributed by atoms with Crippen LogP contribution < -0.4 is 5.73 Å². The Morgan fingerprint density at radius 1 is 1.52 bits per heavy atom. The van der Waals surface area contributed by atoms with E-state index in [-0.39, 0.29) is 30.5 Å². The number of ether oxygens (including phenoxy) is 2. The predicted molar refractivity (Wildman–Crippen MR) is 93.6 cm³/mol. The minimum Gasteiger partial charge on any atom is -0.460 e. The molecule has 138 valence electrons. The first-order valence-corrected chi connectivity index (χ1v) is 8.98. The summed E-state index contributed by atoms with van der Waals surface area (Å²) < 4.78 is 11.7. The van der Waals surface area contributed by atoms with E-state index in [1.54, 1.807) is 12.4 Å². The van der Waals surface area contributed by atoms with E-state index in [2.05, 4.69) is 4.98 Å². The highest BCUT2D eigenvalue weighted by molar-refractivity contribution is 5.70. The van der Waals surface area contributed by atoms with Crippen molar-refractivity contribution in [2.24, 2.45) is 5.92 Å². The first kappa shape index (κ1) is 18.1. The van der Waals surface area contributed by atoms with E-state index in [0.29, 0.717) is 18.5 Å². The van der Waals surface area contributed by atoms with Gasteiger partial charge in [0.15, 0.2) is 0 Å². The van der Waals surface area contributed by atoms with Crippen molar-refractivity contribution in [3.05, 3.63) is 24.0 Å². The van der Waals surface area contributed by atoms with Crippen LogP contribution in [0.4, 0.5) is 5.69 Å². The number of anilines is 1. The average molecular weight is 348 g/mol. The van der Waals surface area contributed by atoms with Crippen LogP contribution in [0.1, 0.15) is 64.5 Å². The molecule has 3 N–H and O–H groups in total. The van der Waals surface area contributed by atoms with Gasteiger partial charge in [0, 0.05) is 17.7 Å². The van der Waals surface area contributed by atoms with Crippen LogP contribution in [0.3, 0.4) is 0 Å². The molecule has 25 heavy (non-hydrogen) atoms. The first-order valence-electron chi connectivity index (χ1n) is 8.98. The van der Waals surface area contributed by atoms with Crippen molar-refractivity contribution in [2.45, 2.75) is 76.3 Å². The number of esters is 1. The molecular formula is C19H28N2O4. The molecule has 4 atom stereocenters. The molecule has 0 radical (unpaired) electrons. The molecule has 3 rings (SSSR count). The van der Waals surface area contributed by atoms with E-state index in [0.717, 1.165) is 18.4 Å². The second-order valence-corrected chi connectivity index (χ2v) is 8.22. The van der Waals surface area contributed by atoms with Crippen LogP contribution in [-0.2, 0) is 14.3 Å². The maximum atomic E-state index is 12.4. The van der Waals surface area contributed by atoms with Gasteiger partial charge in [-0.15, -0.1) is 0 Å². The maximum Gasteiger partial charge on any atom is 0.306 e. The van der Waals surface area contributed by atoms with Crippen LogP contribution in [0.25, 0.3) is 0 Å². The number of nitrogen functional groups attached to an aromatic ring is 1. The van der Waals surface area contributed by atoms with E-state index in [1.807, 2.05) is 26.8 Å². The molecule has 0 unspecified atom stereocenters. The number of nitrogens with zero attached hydrogens (tertiary/aromatic N) is 1. The zero-order chi connectivity index (χ0) is 18.2. The molecule has 0 amide bonds. The number of aliphatic hydroxyl groups is 1. The summed E-state index contributed by atoms with van der Waals surface area (Å²) in [4.78, 5) is 16.4. The second-order valence-electron chi connectivity index (χ2n) is 8.22. The summed E-state index contributed by atoms with van der Waals surface area (Å²) in [6.07, 6.45) is 5.86. The number of fused-ring (bicyclic) bond motifs is 1. The standard InChI is InChI=1S/C19H28N2O4/c1-18(2,3)25-17(22)10-12-9-15(13-6-8-21-11-14(13)20)24-16-5-4-7-19(12,16)23/h6,8,11-12,15-16,23H,4-5,7,9-10,20H2,1-3H3/t12-,15+,16+,19-/m0/s1. The third kappa shape index (κ3) is 3.80. The van der Waals surface area contributed by atoms with Gasteiger partial charge in [-0.3, -0.25) is 9.78 Å². The Morgan fingerprint density at radius 3 is 2.96 bits per heavy atom. The molecule has 1 saturated heterocycles. The normalized spacial score (nSPS) is 32.2. The van der Waals surface area contributed by atoms with Gasteiger partial charge >= 0.3 is 5.97 Å². The molecule has 1 aromatic heterocycles. The number of carbonyl (C=O) groups is 1. The van der Waals surface area contributed by atoms with Crippen molar-refractivity contribution in [2.75, 3.05) is 5.73 Å². The lowest BCUT2D eigenvalue weighted by molar-refractivity contribution is -0.200. The van der Waals surface area contributed by atoms with Crippen molar-refractivity contribution in [3.63, 3.8) is 0 Å². The Kier molecular flexibility index (Phi) is 4.77. The molecule has 0 spiro atoms. The van der Waals surface area contributed by atoms with Crippen molar-refractivity contribution in [1.29, 1.82) is 0 Å². The predicted octanol–water partition coefficient (Wildman–Crippen LogP) is 2.76. The fourth-order valence-electron chi connectivity index (χ4n) is 4.11. The third-order valence-electron chi connectivity index (χ3n) is 5.20. The highest BCUT2D eigenvalue weighted by atomic mass is 16.6. The van der Waals surface area contributed by atoms with Crippen LogP contribution >= 0.6 is 0 Å². The van der Waals surface area contributed by atoms with Crippen molar-refractivity contribution < 1.29 is 19.4 Å². The lowest BCUT2D eigenvalue weighted by Gasteiger charge is -2.45. The summed E-state index contributed by atoms with van der Waals surface area (Å²) in [7, 11) is 0. The quantitative estimate of drug-likeness (QED) is 0.816. The van der Waals surface area contributed by atoms with Gasteiger partial charge in [-0.2, -0.15) is 0 Å². The smallest absolute Gasteiger partial charge is 0.306 e. The van der Waals surface area contributed by atoms with E-state index in [9.17, 15) is 9.90 Å². The van der Waals surface area contributed by atoms with Gasteiger partial charge in [0.25, 0.3) is 0 Å². The van der Waals surface area contributed by atoms with Crippen LogP contribution in [-0.4, -0.2) is 33.4 Å². The third-order valence-corrected chi connectivity index (χ3v) is 5.20. The Labute approximate surface area is 148 Å². The molecular weight excluding hydrogens is 320 g/mol. The molecule has 1 saturated carbocycles. The van der Waals surface area contributed by atoms with Gasteiger partial charge in [-0.05, 0) is 52.5 Å². The minimum absolute atomic E-state index is 0.190. The number of aromatic nitrogens is 1. The van der Waals surface area contributed by atoms with Gasteiger partial charge < -0.3 is 20.3 Å². The number of carbonyl (C=O) groups excluding carboxylic acids is 1. The fraction of sp³-hybridized carbons (Fsp3) is 0.684. The lowest BCUT2D eigenvalue weighted by atomic mass is 9.75. The average Bonchev–Trinajstić information content (AvgIpc) is 2.88. The summed E-state index contributed by atoms with van der Waals surface area (Å²) in [5.41, 5.74) is 6.01. The number of hydrogen-bond acceptors (Lipinski definition) is 6. The number of pyridine rings is 1. The number of rotatable bonds is 3. The Morgan fingerprint density at radius 2 is 2.28 bits per heavy atom. The van der Waals surface area contributed by atoms with Crippen LogP contribution in [0.2, 0.25) is 0 Å². The van der Waals surface area contributed by atoms with Crippen LogP contribution in [0, 0.1) is 5.92 Å². The summed E-state index contributed by atoms with van der Waals surface area (Å²) in [6.45, 7) is 5.55. The molecule has 0 aromatic carbocycles. The zero-order valence-electron chi connectivity index (χ0n) is 15.2. The van der Waals surface area contributed by atoms with Crippen molar-refractivity contribution >= 4 is 11.7 Å². The van der Waals surface area contributed by atoms with E-state index < -0.39 is 11.2 Å². The maximum absolute atomic E-state index is 12.4. The largest absolute Gasteiger partial charge is 0.460 e. The SMILES string of the molecule is CC(C)(C)OC(=O)C[C@@H]1C[C@H](c2ccncc2N)O[C@@H]2CCC[C@]12O. The van der Waals surface area contributed by atoms with Gasteiger partial charge in [-0.25, -0.2) is 0 Å². The highest BCUT2D eigenvalue weighted by Gasteiger charge is 2.53. The second kappa shape index (κ2) is 6.57. The van der Waals surface area contributed by atoms with Crippen molar-refractivity contribution in [1.82, 2.24) is 4.98 Å². The molecule has 1 aliphatic carbocycles. The molecule has 6 nitrogen and oxygen atoms in total. The van der Waals surface area contributed by atoms with E-state index in [4.69, 9.17) is 15.2 Å². The molecule has 1 aliphatic heterocycles. The highest BCUT2D eigenvalue weighted by Crippen LogP contribution is 2.50. The number of hydrogen-bond donors (Lipinski definition) is 2. The van der Waals surface area contributed by atoms with Crippen molar-refractivity contribution in [3.8, 4) is 0 Å². The summed E-state index contributed by atoms with van der Waals surface area (Å²) >= 11 is 0. The fourth-order valence-corrected chi connectivity index (χ4v) is 4.11.